The second-order valence-electron chi connectivity index (χ2n) is 9.52. The van der Waals surface area contributed by atoms with Crippen molar-refractivity contribution in [2.45, 2.75) is 64.3 Å². The van der Waals surface area contributed by atoms with Gasteiger partial charge in [0, 0.05) is 41.4 Å². The molecule has 2 unspecified atom stereocenters. The number of hydrogen-bond donors (Lipinski definition) is 3. The molecule has 1 aliphatic heterocycles. The summed E-state index contributed by atoms with van der Waals surface area (Å²) in [7, 11) is 0. The lowest BCUT2D eigenvalue weighted by atomic mass is 10.0. The van der Waals surface area contributed by atoms with E-state index in [0.717, 1.165) is 48.1 Å². The van der Waals surface area contributed by atoms with E-state index in [0.29, 0.717) is 22.0 Å². The van der Waals surface area contributed by atoms with Crippen LogP contribution in [0.25, 0.3) is 22.0 Å². The number of aliphatic hydroxyl groups is 1. The fraction of sp³-hybridized carbons (Fsp3) is 0.500. The number of alkyl carbamates (subject to hydrolysis) is 1. The maximum atomic E-state index is 12.3. The van der Waals surface area contributed by atoms with Crippen molar-refractivity contribution in [2.24, 2.45) is 0 Å². The number of H-pyrrole nitrogens is 1. The number of nitrogens with one attached hydrogen (secondary N) is 2. The molecule has 2 aromatic heterocycles. The molecule has 10 heteroatoms. The molecular weight excluding hydrogens is 479 g/mol. The Kier molecular flexibility index (Phi) is 7.42. The molecule has 0 bridgehead atoms. The first-order valence-electron chi connectivity index (χ1n) is 11.4. The second-order valence-corrected chi connectivity index (χ2v) is 10.3. The van der Waals surface area contributed by atoms with Crippen LogP contribution in [-0.2, 0) is 15.9 Å². The van der Waals surface area contributed by atoms with E-state index in [2.05, 4.69) is 15.4 Å². The van der Waals surface area contributed by atoms with Gasteiger partial charge in [-0.2, -0.15) is 5.10 Å². The molecule has 0 saturated carbocycles. The van der Waals surface area contributed by atoms with Crippen LogP contribution in [0.1, 0.15) is 52.0 Å². The Morgan fingerprint density at radius 1 is 1.38 bits per heavy atom. The summed E-state index contributed by atoms with van der Waals surface area (Å²) >= 11 is 12.8. The smallest absolute Gasteiger partial charge is 0.407 e. The van der Waals surface area contributed by atoms with Gasteiger partial charge in [0.15, 0.2) is 0 Å². The molecule has 0 spiro atoms. The molecule has 1 aromatic carbocycles. The van der Waals surface area contributed by atoms with Crippen molar-refractivity contribution in [1.82, 2.24) is 20.1 Å². The first-order valence-corrected chi connectivity index (χ1v) is 12.2. The summed E-state index contributed by atoms with van der Waals surface area (Å²) in [4.78, 5) is 15.7. The van der Waals surface area contributed by atoms with Crippen LogP contribution in [0.5, 0.6) is 0 Å². The number of benzene rings is 1. The third-order valence-corrected chi connectivity index (χ3v) is 6.48. The maximum Gasteiger partial charge on any atom is 0.407 e. The van der Waals surface area contributed by atoms with Crippen molar-refractivity contribution in [2.75, 3.05) is 13.2 Å². The molecule has 34 heavy (non-hydrogen) atoms. The minimum Gasteiger partial charge on any atom is -0.444 e. The number of ether oxygens (including phenoxy) is 2. The fourth-order valence-electron chi connectivity index (χ4n) is 4.18. The molecule has 1 fully saturated rings. The van der Waals surface area contributed by atoms with Gasteiger partial charge < -0.3 is 24.9 Å². The van der Waals surface area contributed by atoms with E-state index in [1.165, 1.54) is 0 Å². The zero-order chi connectivity index (χ0) is 24.5. The lowest BCUT2D eigenvalue weighted by molar-refractivity contribution is -0.0394. The van der Waals surface area contributed by atoms with Crippen molar-refractivity contribution < 1.29 is 19.4 Å². The number of rotatable bonds is 6. The summed E-state index contributed by atoms with van der Waals surface area (Å²) in [6.07, 6.45) is 6.46. The van der Waals surface area contributed by atoms with Gasteiger partial charge in [0.2, 0.25) is 0 Å². The molecule has 1 aliphatic rings. The summed E-state index contributed by atoms with van der Waals surface area (Å²) in [5, 5.41) is 19.0. The molecule has 3 aromatic rings. The van der Waals surface area contributed by atoms with Gasteiger partial charge >= 0.3 is 6.09 Å². The second kappa shape index (κ2) is 10.2. The minimum absolute atomic E-state index is 0.0896. The summed E-state index contributed by atoms with van der Waals surface area (Å²) in [5.41, 5.74) is 2.60. The van der Waals surface area contributed by atoms with Crippen LogP contribution in [0.15, 0.2) is 24.5 Å². The average Bonchev–Trinajstić information content (AvgIpc) is 3.40. The van der Waals surface area contributed by atoms with Crippen LogP contribution in [0.2, 0.25) is 10.0 Å². The number of aliphatic hydroxyl groups excluding tert-OH is 1. The molecule has 3 N–H and O–H groups in total. The van der Waals surface area contributed by atoms with E-state index < -0.39 is 17.7 Å². The molecule has 2 atom stereocenters. The Bertz CT molecular complexity index is 1160. The van der Waals surface area contributed by atoms with Crippen molar-refractivity contribution in [3.63, 3.8) is 0 Å². The number of aromatic amines is 1. The van der Waals surface area contributed by atoms with Crippen LogP contribution in [0.4, 0.5) is 4.79 Å². The Labute approximate surface area is 208 Å². The molecular formula is C24H30Cl2N4O4. The first kappa shape index (κ1) is 24.9. The van der Waals surface area contributed by atoms with Crippen molar-refractivity contribution >= 4 is 40.2 Å². The van der Waals surface area contributed by atoms with Crippen LogP contribution in [-0.4, -0.2) is 50.8 Å². The van der Waals surface area contributed by atoms with Crippen LogP contribution >= 0.6 is 23.2 Å². The van der Waals surface area contributed by atoms with Gasteiger partial charge in [-0.15, -0.1) is 0 Å². The third-order valence-electron chi connectivity index (χ3n) is 5.67. The summed E-state index contributed by atoms with van der Waals surface area (Å²) in [6, 6.07) is 3.08. The van der Waals surface area contributed by atoms with Gasteiger partial charge in [-0.3, -0.25) is 0 Å². The normalized spacial score (nSPS) is 17.6. The van der Waals surface area contributed by atoms with Crippen LogP contribution < -0.4 is 5.32 Å². The van der Waals surface area contributed by atoms with E-state index in [1.54, 1.807) is 33.0 Å². The predicted molar refractivity (Wildman–Crippen MR) is 132 cm³/mol. The first-order chi connectivity index (χ1) is 16.2. The lowest BCUT2D eigenvalue weighted by Crippen LogP contribution is -2.42. The standard InChI is InChI=1S/C24H30Cl2N4O4/c1-24(2,3)34-23(32)28-15(13-31)10-18-20(16-7-8-17(25)21(26)22(16)29-18)14-11-27-30(12-14)19-6-4-5-9-33-19/h7-8,11-12,15,19,29,31H,4-6,9-10,13H2,1-3H3,(H,28,32). The molecule has 1 saturated heterocycles. The van der Waals surface area contributed by atoms with Gasteiger partial charge in [-0.1, -0.05) is 29.3 Å². The number of halogens is 2. The molecule has 3 heterocycles. The average molecular weight is 509 g/mol. The Morgan fingerprint density at radius 3 is 2.85 bits per heavy atom. The number of carbonyl (C=O) groups excluding carboxylic acids is 1. The van der Waals surface area contributed by atoms with E-state index in [1.807, 2.05) is 16.9 Å². The highest BCUT2D eigenvalue weighted by molar-refractivity contribution is 6.45. The quantitative estimate of drug-likeness (QED) is 0.409. The SMILES string of the molecule is CC(C)(C)OC(=O)NC(CO)Cc1[nH]c2c(Cl)c(Cl)ccc2c1-c1cnn(C2CCCCO2)c1. The largest absolute Gasteiger partial charge is 0.444 e. The number of amides is 1. The number of hydrogen-bond acceptors (Lipinski definition) is 5. The van der Waals surface area contributed by atoms with Gasteiger partial charge in [0.25, 0.3) is 0 Å². The van der Waals surface area contributed by atoms with Crippen LogP contribution in [0, 0.1) is 0 Å². The predicted octanol–water partition coefficient (Wildman–Crippen LogP) is 5.47. The maximum absolute atomic E-state index is 12.3. The highest BCUT2D eigenvalue weighted by Gasteiger charge is 2.24. The molecule has 1 amide bonds. The van der Waals surface area contributed by atoms with E-state index in [9.17, 15) is 9.90 Å². The third kappa shape index (κ3) is 5.51. The van der Waals surface area contributed by atoms with Crippen molar-refractivity contribution in [1.29, 1.82) is 0 Å². The Balaban J connectivity index is 1.69. The van der Waals surface area contributed by atoms with E-state index >= 15 is 0 Å². The molecule has 0 aliphatic carbocycles. The van der Waals surface area contributed by atoms with Crippen LogP contribution in [0.3, 0.4) is 0 Å². The van der Waals surface area contributed by atoms with Crippen molar-refractivity contribution in [3.05, 3.63) is 40.3 Å². The molecule has 4 rings (SSSR count). The number of fused-ring (bicyclic) bond motifs is 1. The summed E-state index contributed by atoms with van der Waals surface area (Å²) in [6.45, 7) is 5.82. The highest BCUT2D eigenvalue weighted by atomic mass is 35.5. The van der Waals surface area contributed by atoms with Gasteiger partial charge in [-0.25, -0.2) is 9.48 Å². The number of carbonyl (C=O) groups is 1. The Hall–Kier alpha value is -2.26. The van der Waals surface area contributed by atoms with Gasteiger partial charge in [0.05, 0.1) is 34.4 Å². The monoisotopic (exact) mass is 508 g/mol. The van der Waals surface area contributed by atoms with E-state index in [4.69, 9.17) is 32.7 Å². The molecule has 0 radical (unpaired) electrons. The number of aromatic nitrogens is 3. The lowest BCUT2D eigenvalue weighted by Gasteiger charge is -2.23. The zero-order valence-electron chi connectivity index (χ0n) is 19.5. The van der Waals surface area contributed by atoms with Gasteiger partial charge in [0.1, 0.15) is 11.8 Å². The fourth-order valence-corrected chi connectivity index (χ4v) is 4.55. The topological polar surface area (TPSA) is 101 Å². The molecule has 8 nitrogen and oxygen atoms in total. The summed E-state index contributed by atoms with van der Waals surface area (Å²) < 4.78 is 13.1. The van der Waals surface area contributed by atoms with E-state index in [-0.39, 0.29) is 12.8 Å². The summed E-state index contributed by atoms with van der Waals surface area (Å²) in [5.74, 6) is 0. The zero-order valence-corrected chi connectivity index (χ0v) is 21.0. The highest BCUT2D eigenvalue weighted by Crippen LogP contribution is 2.39. The van der Waals surface area contributed by atoms with Crippen molar-refractivity contribution in [3.8, 4) is 11.1 Å². The van der Waals surface area contributed by atoms with Gasteiger partial charge in [-0.05, 0) is 46.1 Å². The minimum atomic E-state index is -0.642. The Morgan fingerprint density at radius 2 is 2.18 bits per heavy atom. The number of nitrogens with zero attached hydrogens (tertiary/aromatic N) is 2. The molecule has 184 valence electrons.